The lowest BCUT2D eigenvalue weighted by atomic mass is 10.3. The van der Waals surface area contributed by atoms with Gasteiger partial charge in [0.15, 0.2) is 0 Å². The number of esters is 1. The van der Waals surface area contributed by atoms with E-state index in [4.69, 9.17) is 4.74 Å². The standard InChI is InChI=1S/C11H22N2O4S/c1-3-13(10-5-7-12-9-10)18(15,16)8-6-11(14)17-4-2/h10,12H,3-9H2,1-2H3. The van der Waals surface area contributed by atoms with Crippen molar-refractivity contribution in [2.75, 3.05) is 32.0 Å². The Kier molecular flexibility index (Phi) is 6.04. The summed E-state index contributed by atoms with van der Waals surface area (Å²) in [4.78, 5) is 11.2. The lowest BCUT2D eigenvalue weighted by Crippen LogP contribution is -2.42. The molecule has 1 unspecified atom stereocenters. The van der Waals surface area contributed by atoms with Crippen molar-refractivity contribution in [1.29, 1.82) is 0 Å². The molecule has 1 rings (SSSR count). The number of rotatable bonds is 7. The molecule has 0 radical (unpaired) electrons. The van der Waals surface area contributed by atoms with E-state index >= 15 is 0 Å². The number of likely N-dealkylation sites (N-methyl/N-ethyl adjacent to an activating group) is 1. The van der Waals surface area contributed by atoms with Gasteiger partial charge in [0.05, 0.1) is 18.8 Å². The van der Waals surface area contributed by atoms with Crippen LogP contribution in [0, 0.1) is 0 Å². The summed E-state index contributed by atoms with van der Waals surface area (Å²) in [7, 11) is -3.38. The van der Waals surface area contributed by atoms with Gasteiger partial charge in [-0.15, -0.1) is 0 Å². The largest absolute Gasteiger partial charge is 0.466 e. The van der Waals surface area contributed by atoms with Crippen molar-refractivity contribution in [3.8, 4) is 0 Å². The van der Waals surface area contributed by atoms with Gasteiger partial charge >= 0.3 is 5.97 Å². The van der Waals surface area contributed by atoms with Crippen molar-refractivity contribution in [3.05, 3.63) is 0 Å². The first-order valence-electron chi connectivity index (χ1n) is 6.37. The lowest BCUT2D eigenvalue weighted by molar-refractivity contribution is -0.142. The van der Waals surface area contributed by atoms with E-state index < -0.39 is 16.0 Å². The summed E-state index contributed by atoms with van der Waals surface area (Å²) in [5.41, 5.74) is 0. The SMILES string of the molecule is CCOC(=O)CCS(=O)(=O)N(CC)C1CCNC1. The fourth-order valence-corrected chi connectivity index (χ4v) is 3.82. The second-order valence-electron chi connectivity index (χ2n) is 4.22. The second-order valence-corrected chi connectivity index (χ2v) is 6.26. The van der Waals surface area contributed by atoms with Crippen molar-refractivity contribution in [1.82, 2.24) is 9.62 Å². The number of hydrogen-bond donors (Lipinski definition) is 1. The van der Waals surface area contributed by atoms with Gasteiger partial charge < -0.3 is 10.1 Å². The summed E-state index contributed by atoms with van der Waals surface area (Å²) < 4.78 is 30.5. The fourth-order valence-electron chi connectivity index (χ4n) is 2.13. The minimum Gasteiger partial charge on any atom is -0.466 e. The van der Waals surface area contributed by atoms with Crippen LogP contribution in [0.25, 0.3) is 0 Å². The quantitative estimate of drug-likeness (QED) is 0.661. The van der Waals surface area contributed by atoms with E-state index in [2.05, 4.69) is 5.32 Å². The van der Waals surface area contributed by atoms with Crippen LogP contribution in [0.4, 0.5) is 0 Å². The van der Waals surface area contributed by atoms with Crippen molar-refractivity contribution in [2.45, 2.75) is 32.7 Å². The predicted octanol–water partition coefficient (Wildman–Crippen LogP) is -0.0468. The smallest absolute Gasteiger partial charge is 0.306 e. The van der Waals surface area contributed by atoms with Crippen LogP contribution >= 0.6 is 0 Å². The fraction of sp³-hybridized carbons (Fsp3) is 0.909. The van der Waals surface area contributed by atoms with Gasteiger partial charge in [0.25, 0.3) is 0 Å². The van der Waals surface area contributed by atoms with Crippen LogP contribution in [-0.2, 0) is 19.6 Å². The summed E-state index contributed by atoms with van der Waals surface area (Å²) in [5, 5.41) is 3.15. The maximum Gasteiger partial charge on any atom is 0.306 e. The molecule has 0 spiro atoms. The third-order valence-electron chi connectivity index (χ3n) is 2.98. The molecule has 0 aromatic rings. The van der Waals surface area contributed by atoms with Crippen molar-refractivity contribution in [2.24, 2.45) is 0 Å². The summed E-state index contributed by atoms with van der Waals surface area (Å²) >= 11 is 0. The first-order valence-corrected chi connectivity index (χ1v) is 7.98. The van der Waals surface area contributed by atoms with E-state index in [1.54, 1.807) is 6.92 Å². The molecule has 1 N–H and O–H groups in total. The highest BCUT2D eigenvalue weighted by molar-refractivity contribution is 7.89. The van der Waals surface area contributed by atoms with Crippen LogP contribution in [0.3, 0.4) is 0 Å². The molecule has 0 saturated carbocycles. The molecule has 0 bridgehead atoms. The van der Waals surface area contributed by atoms with Gasteiger partial charge in [-0.25, -0.2) is 8.42 Å². The molecule has 0 amide bonds. The molecule has 0 aromatic carbocycles. The number of ether oxygens (including phenoxy) is 1. The zero-order valence-electron chi connectivity index (χ0n) is 11.0. The van der Waals surface area contributed by atoms with E-state index in [-0.39, 0.29) is 24.8 Å². The predicted molar refractivity (Wildman–Crippen MR) is 68.7 cm³/mol. The summed E-state index contributed by atoms with van der Waals surface area (Å²) in [6.07, 6.45) is 0.749. The van der Waals surface area contributed by atoms with E-state index in [0.717, 1.165) is 13.0 Å². The third kappa shape index (κ3) is 4.22. The number of nitrogens with zero attached hydrogens (tertiary/aromatic N) is 1. The maximum absolute atomic E-state index is 12.1. The van der Waals surface area contributed by atoms with Gasteiger partial charge in [0.2, 0.25) is 10.0 Å². The molecule has 1 heterocycles. The summed E-state index contributed by atoms with van der Waals surface area (Å²) in [6, 6.07) is 0.0159. The topological polar surface area (TPSA) is 75.7 Å². The molecule has 0 aromatic heterocycles. The van der Waals surface area contributed by atoms with Crippen molar-refractivity contribution >= 4 is 16.0 Å². The number of nitrogens with one attached hydrogen (secondary N) is 1. The van der Waals surface area contributed by atoms with E-state index in [1.807, 2.05) is 6.92 Å². The lowest BCUT2D eigenvalue weighted by Gasteiger charge is -2.26. The zero-order valence-corrected chi connectivity index (χ0v) is 11.8. The molecule has 7 heteroatoms. The third-order valence-corrected chi connectivity index (χ3v) is 4.97. The van der Waals surface area contributed by atoms with E-state index in [0.29, 0.717) is 13.1 Å². The molecular formula is C11H22N2O4S. The van der Waals surface area contributed by atoms with Gasteiger partial charge in [-0.2, -0.15) is 4.31 Å². The Balaban J connectivity index is 2.56. The highest BCUT2D eigenvalue weighted by Crippen LogP contribution is 2.14. The van der Waals surface area contributed by atoms with Crippen LogP contribution in [-0.4, -0.2) is 56.7 Å². The molecule has 1 fully saturated rings. The number of carbonyl (C=O) groups excluding carboxylic acids is 1. The van der Waals surface area contributed by atoms with Crippen LogP contribution in [0.2, 0.25) is 0 Å². The zero-order chi connectivity index (χ0) is 13.6. The Morgan fingerprint density at radius 3 is 2.67 bits per heavy atom. The van der Waals surface area contributed by atoms with E-state index in [1.165, 1.54) is 4.31 Å². The highest BCUT2D eigenvalue weighted by Gasteiger charge is 2.30. The highest BCUT2D eigenvalue weighted by atomic mass is 32.2. The molecule has 1 atom stereocenters. The average molecular weight is 278 g/mol. The Morgan fingerprint density at radius 1 is 1.44 bits per heavy atom. The minimum atomic E-state index is -3.38. The van der Waals surface area contributed by atoms with Gasteiger partial charge in [-0.05, 0) is 19.9 Å². The monoisotopic (exact) mass is 278 g/mol. The van der Waals surface area contributed by atoms with Gasteiger partial charge in [0.1, 0.15) is 0 Å². The Morgan fingerprint density at radius 2 is 2.17 bits per heavy atom. The molecule has 18 heavy (non-hydrogen) atoms. The Hall–Kier alpha value is -0.660. The minimum absolute atomic E-state index is 0.0159. The molecule has 0 aliphatic carbocycles. The Labute approximate surface area is 109 Å². The van der Waals surface area contributed by atoms with Crippen LogP contribution in [0.5, 0.6) is 0 Å². The average Bonchev–Trinajstić information content (AvgIpc) is 2.81. The number of carbonyl (C=O) groups is 1. The van der Waals surface area contributed by atoms with Crippen LogP contribution < -0.4 is 5.32 Å². The molecule has 1 aliphatic rings. The summed E-state index contributed by atoms with van der Waals surface area (Å²) in [5.74, 6) is -0.627. The first-order chi connectivity index (χ1) is 8.51. The second kappa shape index (κ2) is 7.06. The van der Waals surface area contributed by atoms with Gasteiger partial charge in [-0.1, -0.05) is 6.92 Å². The molecule has 6 nitrogen and oxygen atoms in total. The summed E-state index contributed by atoms with van der Waals surface area (Å²) in [6.45, 7) is 5.77. The molecule has 1 saturated heterocycles. The van der Waals surface area contributed by atoms with Crippen LogP contribution in [0.1, 0.15) is 26.7 Å². The van der Waals surface area contributed by atoms with E-state index in [9.17, 15) is 13.2 Å². The van der Waals surface area contributed by atoms with Crippen molar-refractivity contribution < 1.29 is 17.9 Å². The first kappa shape index (κ1) is 15.4. The van der Waals surface area contributed by atoms with Crippen LogP contribution in [0.15, 0.2) is 0 Å². The van der Waals surface area contributed by atoms with Crippen molar-refractivity contribution in [3.63, 3.8) is 0 Å². The van der Waals surface area contributed by atoms with Gasteiger partial charge in [0, 0.05) is 19.1 Å². The molecular weight excluding hydrogens is 256 g/mol. The molecule has 106 valence electrons. The maximum atomic E-state index is 12.1. The Bertz CT molecular complexity index is 363. The number of sulfonamides is 1. The molecule has 1 aliphatic heterocycles. The number of hydrogen-bond acceptors (Lipinski definition) is 5. The normalized spacial score (nSPS) is 20.3. The van der Waals surface area contributed by atoms with Gasteiger partial charge in [-0.3, -0.25) is 4.79 Å².